The van der Waals surface area contributed by atoms with Gasteiger partial charge in [-0.15, -0.1) is 0 Å². The first kappa shape index (κ1) is 11.5. The summed E-state index contributed by atoms with van der Waals surface area (Å²) >= 11 is 0. The molecule has 1 rings (SSSR count). The number of aliphatic hydroxyl groups is 1. The lowest BCUT2D eigenvalue weighted by Gasteiger charge is -2.31. The molecule has 1 saturated carbocycles. The van der Waals surface area contributed by atoms with E-state index in [0.29, 0.717) is 0 Å². The van der Waals surface area contributed by atoms with Crippen LogP contribution in [0.2, 0.25) is 0 Å². The maximum atomic E-state index is 9.37. The molecule has 1 fully saturated rings. The molecule has 0 saturated heterocycles. The van der Waals surface area contributed by atoms with Gasteiger partial charge in [0.1, 0.15) is 0 Å². The van der Waals surface area contributed by atoms with Gasteiger partial charge in [0, 0.05) is 12.1 Å². The highest BCUT2D eigenvalue weighted by molar-refractivity contribution is 4.95. The minimum Gasteiger partial charge on any atom is -0.392 e. The van der Waals surface area contributed by atoms with E-state index in [1.54, 1.807) is 6.92 Å². The third-order valence-electron chi connectivity index (χ3n) is 3.13. The van der Waals surface area contributed by atoms with Crippen LogP contribution in [0.4, 0.5) is 0 Å². The van der Waals surface area contributed by atoms with Crippen LogP contribution in [0.25, 0.3) is 0 Å². The van der Waals surface area contributed by atoms with E-state index in [1.165, 1.54) is 12.8 Å². The molecule has 0 aliphatic heterocycles. The van der Waals surface area contributed by atoms with E-state index < -0.39 is 0 Å². The van der Waals surface area contributed by atoms with Crippen LogP contribution in [0.3, 0.4) is 0 Å². The molecular formula is C11H20N2O. The maximum absolute atomic E-state index is 9.37. The van der Waals surface area contributed by atoms with Gasteiger partial charge in [0.25, 0.3) is 0 Å². The monoisotopic (exact) mass is 196 g/mol. The lowest BCUT2D eigenvalue weighted by molar-refractivity contribution is 0.135. The van der Waals surface area contributed by atoms with E-state index >= 15 is 0 Å². The van der Waals surface area contributed by atoms with E-state index in [0.717, 1.165) is 12.8 Å². The number of nitriles is 1. The van der Waals surface area contributed by atoms with Crippen molar-refractivity contribution < 1.29 is 5.11 Å². The fraction of sp³-hybridized carbons (Fsp3) is 0.909. The molecule has 3 nitrogen and oxygen atoms in total. The summed E-state index contributed by atoms with van der Waals surface area (Å²) in [5.74, 6) is 0.130. The number of rotatable bonds is 3. The molecule has 0 radical (unpaired) electrons. The predicted octanol–water partition coefficient (Wildman–Crippen LogP) is 1.43. The van der Waals surface area contributed by atoms with Crippen molar-refractivity contribution in [3.8, 4) is 6.07 Å². The van der Waals surface area contributed by atoms with Gasteiger partial charge in [0.15, 0.2) is 0 Å². The Morgan fingerprint density at radius 1 is 1.36 bits per heavy atom. The highest BCUT2D eigenvalue weighted by Gasteiger charge is 2.26. The van der Waals surface area contributed by atoms with Gasteiger partial charge in [-0.25, -0.2) is 0 Å². The first-order valence-corrected chi connectivity index (χ1v) is 5.49. The second-order valence-corrected chi connectivity index (χ2v) is 4.32. The van der Waals surface area contributed by atoms with Crippen molar-refractivity contribution in [1.29, 1.82) is 5.26 Å². The van der Waals surface area contributed by atoms with Crippen molar-refractivity contribution >= 4 is 0 Å². The van der Waals surface area contributed by atoms with E-state index in [2.05, 4.69) is 11.4 Å². The smallest absolute Gasteiger partial charge is 0.0672 e. The maximum Gasteiger partial charge on any atom is 0.0672 e. The molecule has 0 aromatic rings. The Labute approximate surface area is 86.1 Å². The fourth-order valence-corrected chi connectivity index (χ4v) is 1.96. The average molecular weight is 196 g/mol. The van der Waals surface area contributed by atoms with E-state index in [4.69, 9.17) is 5.26 Å². The predicted molar refractivity (Wildman–Crippen MR) is 55.6 cm³/mol. The Morgan fingerprint density at radius 2 is 2.00 bits per heavy atom. The molecule has 4 unspecified atom stereocenters. The van der Waals surface area contributed by atoms with E-state index in [-0.39, 0.29) is 24.1 Å². The molecule has 0 aromatic carbocycles. The van der Waals surface area contributed by atoms with Crippen LogP contribution in [0, 0.1) is 17.2 Å². The lowest BCUT2D eigenvalue weighted by Crippen LogP contribution is -2.46. The first-order valence-electron chi connectivity index (χ1n) is 5.49. The Hall–Kier alpha value is -0.590. The molecule has 1 aliphatic rings. The molecule has 14 heavy (non-hydrogen) atoms. The SMILES string of the molecule is CC(O)C(C)NC1CCCCC1C#N. The van der Waals surface area contributed by atoms with Crippen LogP contribution in [0.15, 0.2) is 0 Å². The highest BCUT2D eigenvalue weighted by Crippen LogP contribution is 2.24. The summed E-state index contributed by atoms with van der Waals surface area (Å²) in [6.45, 7) is 3.75. The third kappa shape index (κ3) is 2.97. The van der Waals surface area contributed by atoms with Crippen molar-refractivity contribution in [2.45, 2.75) is 57.7 Å². The molecule has 3 heteroatoms. The first-order chi connectivity index (χ1) is 6.65. The van der Waals surface area contributed by atoms with Crippen molar-refractivity contribution in [2.75, 3.05) is 0 Å². The van der Waals surface area contributed by atoms with Gasteiger partial charge in [0.05, 0.1) is 18.1 Å². The Bertz CT molecular complexity index is 210. The molecule has 4 atom stereocenters. The largest absolute Gasteiger partial charge is 0.392 e. The van der Waals surface area contributed by atoms with Crippen molar-refractivity contribution in [1.82, 2.24) is 5.32 Å². The van der Waals surface area contributed by atoms with Gasteiger partial charge in [-0.2, -0.15) is 5.26 Å². The van der Waals surface area contributed by atoms with Crippen LogP contribution in [0.1, 0.15) is 39.5 Å². The summed E-state index contributed by atoms with van der Waals surface area (Å²) in [5.41, 5.74) is 0. The van der Waals surface area contributed by atoms with Gasteiger partial charge < -0.3 is 10.4 Å². The van der Waals surface area contributed by atoms with Crippen LogP contribution in [-0.4, -0.2) is 23.3 Å². The molecule has 0 bridgehead atoms. The summed E-state index contributed by atoms with van der Waals surface area (Å²) in [4.78, 5) is 0. The van der Waals surface area contributed by atoms with Gasteiger partial charge in [-0.3, -0.25) is 0 Å². The van der Waals surface area contributed by atoms with Crippen molar-refractivity contribution in [2.24, 2.45) is 5.92 Å². The van der Waals surface area contributed by atoms with Gasteiger partial charge in [0.2, 0.25) is 0 Å². The third-order valence-corrected chi connectivity index (χ3v) is 3.13. The van der Waals surface area contributed by atoms with Gasteiger partial charge >= 0.3 is 0 Å². The zero-order valence-corrected chi connectivity index (χ0v) is 9.03. The summed E-state index contributed by atoms with van der Waals surface area (Å²) in [6.07, 6.45) is 4.08. The van der Waals surface area contributed by atoms with Crippen molar-refractivity contribution in [3.63, 3.8) is 0 Å². The number of hydrogen-bond donors (Lipinski definition) is 2. The van der Waals surface area contributed by atoms with Crippen molar-refractivity contribution in [3.05, 3.63) is 0 Å². The Kier molecular flexibility index (Phi) is 4.37. The van der Waals surface area contributed by atoms with E-state index in [1.807, 2.05) is 6.92 Å². The zero-order chi connectivity index (χ0) is 10.6. The topological polar surface area (TPSA) is 56.0 Å². The molecule has 0 heterocycles. The summed E-state index contributed by atoms with van der Waals surface area (Å²) < 4.78 is 0. The Morgan fingerprint density at radius 3 is 2.57 bits per heavy atom. The molecule has 0 spiro atoms. The summed E-state index contributed by atoms with van der Waals surface area (Å²) in [7, 11) is 0. The quantitative estimate of drug-likeness (QED) is 0.718. The highest BCUT2D eigenvalue weighted by atomic mass is 16.3. The molecule has 80 valence electrons. The van der Waals surface area contributed by atoms with Crippen LogP contribution >= 0.6 is 0 Å². The van der Waals surface area contributed by atoms with Crippen LogP contribution in [0.5, 0.6) is 0 Å². The number of nitrogens with zero attached hydrogens (tertiary/aromatic N) is 1. The minimum absolute atomic E-state index is 0.0777. The van der Waals surface area contributed by atoms with E-state index in [9.17, 15) is 5.11 Å². The molecule has 0 amide bonds. The zero-order valence-electron chi connectivity index (χ0n) is 9.03. The molecule has 2 N–H and O–H groups in total. The Balaban J connectivity index is 2.45. The second kappa shape index (κ2) is 5.33. The van der Waals surface area contributed by atoms with Crippen LogP contribution < -0.4 is 5.32 Å². The molecular weight excluding hydrogens is 176 g/mol. The lowest BCUT2D eigenvalue weighted by atomic mass is 9.85. The standard InChI is InChI=1S/C11H20N2O/c1-8(9(2)14)13-11-6-4-3-5-10(11)7-12/h8-11,13-14H,3-6H2,1-2H3. The minimum atomic E-state index is -0.351. The van der Waals surface area contributed by atoms with Crippen LogP contribution in [-0.2, 0) is 0 Å². The number of hydrogen-bond acceptors (Lipinski definition) is 3. The summed E-state index contributed by atoms with van der Waals surface area (Å²) in [6, 6.07) is 2.71. The normalized spacial score (nSPS) is 31.9. The molecule has 1 aliphatic carbocycles. The summed E-state index contributed by atoms with van der Waals surface area (Å²) in [5, 5.41) is 21.7. The fourth-order valence-electron chi connectivity index (χ4n) is 1.96. The molecule has 0 aromatic heterocycles. The number of nitrogens with one attached hydrogen (secondary N) is 1. The number of aliphatic hydroxyl groups excluding tert-OH is 1. The second-order valence-electron chi connectivity index (χ2n) is 4.32. The average Bonchev–Trinajstić information content (AvgIpc) is 2.18. The van der Waals surface area contributed by atoms with Gasteiger partial charge in [-0.1, -0.05) is 12.8 Å². The van der Waals surface area contributed by atoms with Gasteiger partial charge in [-0.05, 0) is 26.7 Å².